The number of amides is 1. The molecule has 0 unspecified atom stereocenters. The molecular formula is C13H13ClN4O2. The van der Waals surface area contributed by atoms with Crippen LogP contribution in [0.15, 0.2) is 30.5 Å². The minimum absolute atomic E-state index is 0.141. The van der Waals surface area contributed by atoms with Crippen LogP contribution in [0.3, 0.4) is 0 Å². The van der Waals surface area contributed by atoms with Gasteiger partial charge in [-0.25, -0.2) is 9.97 Å². The number of rotatable bonds is 5. The number of aromatic nitrogens is 2. The number of methoxy groups -OCH3 is 1. The zero-order valence-electron chi connectivity index (χ0n) is 10.8. The van der Waals surface area contributed by atoms with Gasteiger partial charge >= 0.3 is 0 Å². The standard InChI is InChI=1S/C13H13ClN4O2/c1-20-10-3-2-8(7-11(15)19)6-9(10)17-12-4-5-16-13(14)18-12/h2-6H,7H2,1H3,(H2,15,19)(H,16,17,18). The third-order valence-electron chi connectivity index (χ3n) is 2.53. The van der Waals surface area contributed by atoms with Gasteiger partial charge in [0.15, 0.2) is 0 Å². The molecule has 3 N–H and O–H groups in total. The van der Waals surface area contributed by atoms with Crippen LogP contribution in [0.1, 0.15) is 5.56 Å². The van der Waals surface area contributed by atoms with E-state index in [2.05, 4.69) is 15.3 Å². The Balaban J connectivity index is 2.30. The molecule has 1 amide bonds. The van der Waals surface area contributed by atoms with Gasteiger partial charge in [0.05, 0.1) is 19.2 Å². The summed E-state index contributed by atoms with van der Waals surface area (Å²) in [6.45, 7) is 0. The molecule has 7 heteroatoms. The highest BCUT2D eigenvalue weighted by Gasteiger charge is 2.07. The largest absolute Gasteiger partial charge is 0.495 e. The van der Waals surface area contributed by atoms with Crippen molar-refractivity contribution in [2.45, 2.75) is 6.42 Å². The number of carbonyl (C=O) groups is 1. The molecule has 0 atom stereocenters. The highest BCUT2D eigenvalue weighted by molar-refractivity contribution is 6.28. The SMILES string of the molecule is COc1ccc(CC(N)=O)cc1Nc1ccnc(Cl)n1. The maximum Gasteiger partial charge on any atom is 0.224 e. The number of ether oxygens (including phenoxy) is 1. The van der Waals surface area contributed by atoms with Crippen molar-refractivity contribution in [1.29, 1.82) is 0 Å². The molecule has 0 bridgehead atoms. The Kier molecular flexibility index (Phi) is 4.37. The Morgan fingerprint density at radius 3 is 2.90 bits per heavy atom. The van der Waals surface area contributed by atoms with E-state index in [-0.39, 0.29) is 11.7 Å². The number of nitrogens with zero attached hydrogens (tertiary/aromatic N) is 2. The fraction of sp³-hybridized carbons (Fsp3) is 0.154. The summed E-state index contributed by atoms with van der Waals surface area (Å²) in [4.78, 5) is 18.8. The third kappa shape index (κ3) is 3.58. The van der Waals surface area contributed by atoms with E-state index in [0.717, 1.165) is 5.56 Å². The number of carbonyl (C=O) groups excluding carboxylic acids is 1. The lowest BCUT2D eigenvalue weighted by Gasteiger charge is -2.12. The van der Waals surface area contributed by atoms with E-state index in [9.17, 15) is 4.79 Å². The molecule has 0 fully saturated rings. The normalized spacial score (nSPS) is 10.1. The van der Waals surface area contributed by atoms with E-state index in [4.69, 9.17) is 22.1 Å². The van der Waals surface area contributed by atoms with Crippen LogP contribution in [0, 0.1) is 0 Å². The van der Waals surface area contributed by atoms with Crippen molar-refractivity contribution in [3.8, 4) is 5.75 Å². The zero-order valence-corrected chi connectivity index (χ0v) is 11.5. The molecule has 2 aromatic rings. The number of anilines is 2. The highest BCUT2D eigenvalue weighted by Crippen LogP contribution is 2.28. The number of halogens is 1. The highest BCUT2D eigenvalue weighted by atomic mass is 35.5. The van der Waals surface area contributed by atoms with Crippen LogP contribution in [-0.4, -0.2) is 23.0 Å². The molecule has 1 aromatic carbocycles. The van der Waals surface area contributed by atoms with Crippen LogP contribution in [0.2, 0.25) is 5.28 Å². The summed E-state index contributed by atoms with van der Waals surface area (Å²) in [6.07, 6.45) is 1.70. The summed E-state index contributed by atoms with van der Waals surface area (Å²) in [7, 11) is 1.56. The molecular weight excluding hydrogens is 280 g/mol. The van der Waals surface area contributed by atoms with Gasteiger partial charge in [-0.3, -0.25) is 4.79 Å². The first-order valence-electron chi connectivity index (χ1n) is 5.79. The number of hydrogen-bond donors (Lipinski definition) is 2. The molecule has 20 heavy (non-hydrogen) atoms. The van der Waals surface area contributed by atoms with Gasteiger partial charge in [-0.15, -0.1) is 0 Å². The fourth-order valence-electron chi connectivity index (χ4n) is 1.71. The predicted octanol–water partition coefficient (Wildman–Crippen LogP) is 1.91. The number of nitrogens with one attached hydrogen (secondary N) is 1. The van der Waals surface area contributed by atoms with Gasteiger partial charge in [0.1, 0.15) is 11.6 Å². The minimum Gasteiger partial charge on any atom is -0.495 e. The van der Waals surface area contributed by atoms with E-state index in [1.807, 2.05) is 0 Å². The zero-order chi connectivity index (χ0) is 14.5. The van der Waals surface area contributed by atoms with Crippen molar-refractivity contribution in [3.63, 3.8) is 0 Å². The second-order valence-corrected chi connectivity index (χ2v) is 4.35. The van der Waals surface area contributed by atoms with Gasteiger partial charge in [0.2, 0.25) is 11.2 Å². The number of hydrogen-bond acceptors (Lipinski definition) is 5. The molecule has 1 aromatic heterocycles. The van der Waals surface area contributed by atoms with Crippen molar-refractivity contribution < 1.29 is 9.53 Å². The monoisotopic (exact) mass is 292 g/mol. The number of primary amides is 1. The maximum absolute atomic E-state index is 11.0. The van der Waals surface area contributed by atoms with E-state index in [1.54, 1.807) is 31.4 Å². The van der Waals surface area contributed by atoms with Gasteiger partial charge in [-0.2, -0.15) is 0 Å². The lowest BCUT2D eigenvalue weighted by molar-refractivity contribution is -0.117. The lowest BCUT2D eigenvalue weighted by atomic mass is 10.1. The first kappa shape index (κ1) is 14.1. The first-order valence-corrected chi connectivity index (χ1v) is 6.17. The average Bonchev–Trinajstić information content (AvgIpc) is 2.38. The predicted molar refractivity (Wildman–Crippen MR) is 76.2 cm³/mol. The molecule has 0 aliphatic heterocycles. The summed E-state index contributed by atoms with van der Waals surface area (Å²) in [5.74, 6) is 0.749. The molecule has 0 saturated carbocycles. The van der Waals surface area contributed by atoms with Crippen LogP contribution < -0.4 is 15.8 Å². The van der Waals surface area contributed by atoms with Crippen LogP contribution in [0.5, 0.6) is 5.75 Å². The molecule has 1 heterocycles. The average molecular weight is 293 g/mol. The summed E-state index contributed by atoms with van der Waals surface area (Å²) in [5.41, 5.74) is 6.64. The second-order valence-electron chi connectivity index (χ2n) is 4.01. The first-order chi connectivity index (χ1) is 9.58. The van der Waals surface area contributed by atoms with Crippen LogP contribution in [0.4, 0.5) is 11.5 Å². The van der Waals surface area contributed by atoms with Crippen molar-refractivity contribution in [2.24, 2.45) is 5.73 Å². The second kappa shape index (κ2) is 6.21. The summed E-state index contributed by atoms with van der Waals surface area (Å²) < 4.78 is 5.25. The fourth-order valence-corrected chi connectivity index (χ4v) is 1.85. The van der Waals surface area contributed by atoms with E-state index in [1.165, 1.54) is 6.20 Å². The van der Waals surface area contributed by atoms with Crippen LogP contribution in [0.25, 0.3) is 0 Å². The Morgan fingerprint density at radius 2 is 2.25 bits per heavy atom. The molecule has 104 valence electrons. The number of nitrogens with two attached hydrogens (primary N) is 1. The molecule has 2 rings (SSSR count). The van der Waals surface area contributed by atoms with Crippen LogP contribution in [-0.2, 0) is 11.2 Å². The van der Waals surface area contributed by atoms with E-state index < -0.39 is 5.91 Å². The molecule has 6 nitrogen and oxygen atoms in total. The third-order valence-corrected chi connectivity index (χ3v) is 2.71. The van der Waals surface area contributed by atoms with Gasteiger partial charge in [-0.05, 0) is 35.4 Å². The Bertz CT molecular complexity index is 634. The molecule has 0 aliphatic carbocycles. The lowest BCUT2D eigenvalue weighted by Crippen LogP contribution is -2.13. The summed E-state index contributed by atoms with van der Waals surface area (Å²) in [5, 5.41) is 3.21. The van der Waals surface area contributed by atoms with Gasteiger partial charge in [0, 0.05) is 6.20 Å². The van der Waals surface area contributed by atoms with Crippen LogP contribution >= 0.6 is 11.6 Å². The van der Waals surface area contributed by atoms with Crippen molar-refractivity contribution in [1.82, 2.24) is 9.97 Å². The maximum atomic E-state index is 11.0. The molecule has 0 aliphatic rings. The Labute approximate surface area is 120 Å². The van der Waals surface area contributed by atoms with Gasteiger partial charge in [-0.1, -0.05) is 6.07 Å². The topological polar surface area (TPSA) is 90.1 Å². The van der Waals surface area contributed by atoms with E-state index >= 15 is 0 Å². The molecule has 0 spiro atoms. The molecule has 0 radical (unpaired) electrons. The Morgan fingerprint density at radius 1 is 1.45 bits per heavy atom. The van der Waals surface area contributed by atoms with Crippen molar-refractivity contribution in [3.05, 3.63) is 41.3 Å². The quantitative estimate of drug-likeness (QED) is 0.822. The summed E-state index contributed by atoms with van der Waals surface area (Å²) >= 11 is 5.73. The van der Waals surface area contributed by atoms with E-state index in [0.29, 0.717) is 17.3 Å². The summed E-state index contributed by atoms with van der Waals surface area (Å²) in [6, 6.07) is 6.98. The van der Waals surface area contributed by atoms with Crippen molar-refractivity contribution >= 4 is 29.0 Å². The minimum atomic E-state index is -0.397. The molecule has 0 saturated heterocycles. The van der Waals surface area contributed by atoms with Gasteiger partial charge < -0.3 is 15.8 Å². The number of benzene rings is 1. The Hall–Kier alpha value is -2.34. The van der Waals surface area contributed by atoms with Crippen molar-refractivity contribution in [2.75, 3.05) is 12.4 Å². The smallest absolute Gasteiger partial charge is 0.224 e. The van der Waals surface area contributed by atoms with Gasteiger partial charge in [0.25, 0.3) is 0 Å².